The molecule has 0 saturated carbocycles. The summed E-state index contributed by atoms with van der Waals surface area (Å²) in [5.41, 5.74) is 0. The summed E-state index contributed by atoms with van der Waals surface area (Å²) >= 11 is 0. The summed E-state index contributed by atoms with van der Waals surface area (Å²) < 4.78 is 0. The van der Waals surface area contributed by atoms with Crippen LogP contribution in [0.1, 0.15) is 54.4 Å². The molecule has 0 fully saturated rings. The first kappa shape index (κ1) is 14.5. The van der Waals surface area contributed by atoms with Crippen LogP contribution in [0.25, 0.3) is 0 Å². The van der Waals surface area contributed by atoms with Gasteiger partial charge in [-0.25, -0.2) is 0 Å². The molecule has 0 aliphatic carbocycles. The molecule has 0 radical (unpaired) electrons. The normalized spacial score (nSPS) is 15.5. The van der Waals surface area contributed by atoms with Crippen LogP contribution in [0.5, 0.6) is 0 Å². The third-order valence-electron chi connectivity index (χ3n) is 2.76. The number of hydrogen-bond donors (Lipinski definition) is 0. The number of hydrogen-bond acceptors (Lipinski definition) is 1. The first-order valence-electron chi connectivity index (χ1n) is 6.11. The summed E-state index contributed by atoms with van der Waals surface area (Å²) in [6.07, 6.45) is 3.18. The highest BCUT2D eigenvalue weighted by atomic mass is 16.1. The van der Waals surface area contributed by atoms with Crippen LogP contribution in [0.3, 0.4) is 0 Å². The third kappa shape index (κ3) is 5.81. The zero-order valence-corrected chi connectivity index (χ0v) is 11.2. The molecule has 1 amide bonds. The zero-order chi connectivity index (χ0) is 12.0. The largest absolute Gasteiger partial charge is 0.340 e. The van der Waals surface area contributed by atoms with E-state index in [-0.39, 0.29) is 0 Å². The van der Waals surface area contributed by atoms with Crippen molar-refractivity contribution in [3.8, 4) is 0 Å². The summed E-state index contributed by atoms with van der Waals surface area (Å²) in [5, 5.41) is 0. The first-order chi connectivity index (χ1) is 6.88. The van der Waals surface area contributed by atoms with Gasteiger partial charge in [0.2, 0.25) is 6.41 Å². The summed E-state index contributed by atoms with van der Waals surface area (Å²) in [7, 11) is 0. The van der Waals surface area contributed by atoms with Gasteiger partial charge >= 0.3 is 0 Å². The summed E-state index contributed by atoms with van der Waals surface area (Å²) in [6.45, 7) is 13.1. The van der Waals surface area contributed by atoms with Crippen LogP contribution in [0.2, 0.25) is 0 Å². The highest BCUT2D eigenvalue weighted by molar-refractivity contribution is 5.48. The Labute approximate surface area is 95.0 Å². The molecule has 0 aliphatic heterocycles. The van der Waals surface area contributed by atoms with Gasteiger partial charge in [-0.3, -0.25) is 4.79 Å². The zero-order valence-electron chi connectivity index (χ0n) is 11.2. The topological polar surface area (TPSA) is 20.3 Å². The van der Waals surface area contributed by atoms with E-state index in [4.69, 9.17) is 0 Å². The van der Waals surface area contributed by atoms with E-state index >= 15 is 0 Å². The Morgan fingerprint density at radius 1 is 0.867 bits per heavy atom. The van der Waals surface area contributed by atoms with Crippen molar-refractivity contribution < 1.29 is 4.79 Å². The molecule has 0 N–H and O–H groups in total. The van der Waals surface area contributed by atoms with Gasteiger partial charge in [0.1, 0.15) is 0 Å². The van der Waals surface area contributed by atoms with Gasteiger partial charge in [-0.15, -0.1) is 0 Å². The van der Waals surface area contributed by atoms with Gasteiger partial charge in [-0.1, -0.05) is 27.7 Å². The van der Waals surface area contributed by atoms with E-state index in [1.165, 1.54) is 0 Å². The second-order valence-electron chi connectivity index (χ2n) is 5.51. The Morgan fingerprint density at radius 3 is 1.40 bits per heavy atom. The molecule has 0 rings (SSSR count). The van der Waals surface area contributed by atoms with Crippen LogP contribution in [0, 0.1) is 11.8 Å². The molecule has 0 aromatic rings. The van der Waals surface area contributed by atoms with Crippen molar-refractivity contribution in [1.82, 2.24) is 4.90 Å². The third-order valence-corrected chi connectivity index (χ3v) is 2.76. The average Bonchev–Trinajstić information content (AvgIpc) is 2.01. The van der Waals surface area contributed by atoms with Gasteiger partial charge in [0.15, 0.2) is 0 Å². The van der Waals surface area contributed by atoms with Gasteiger partial charge in [-0.2, -0.15) is 0 Å². The average molecular weight is 213 g/mol. The number of rotatable bonds is 7. The first-order valence-corrected chi connectivity index (χ1v) is 6.11. The smallest absolute Gasteiger partial charge is 0.210 e. The lowest BCUT2D eigenvalue weighted by Crippen LogP contribution is -2.40. The maximum Gasteiger partial charge on any atom is 0.210 e. The Morgan fingerprint density at radius 2 is 1.20 bits per heavy atom. The monoisotopic (exact) mass is 213 g/mol. The molecule has 90 valence electrons. The minimum atomic E-state index is 0.358. The lowest BCUT2D eigenvalue weighted by atomic mass is 9.99. The van der Waals surface area contributed by atoms with Gasteiger partial charge in [0.05, 0.1) is 0 Å². The minimum absolute atomic E-state index is 0.358. The number of amides is 1. The van der Waals surface area contributed by atoms with Gasteiger partial charge in [0.25, 0.3) is 0 Å². The standard InChI is InChI=1S/C13H27NO/c1-10(2)7-12(5)14(9-15)13(6)8-11(3)4/h9-13H,7-8H2,1-6H3. The number of nitrogens with zero attached hydrogens (tertiary/aromatic N) is 1. The van der Waals surface area contributed by atoms with E-state index in [9.17, 15) is 4.79 Å². The fourth-order valence-corrected chi connectivity index (χ4v) is 2.25. The predicted octanol–water partition coefficient (Wildman–Crippen LogP) is 3.31. The second kappa shape index (κ2) is 6.86. The molecule has 2 unspecified atom stereocenters. The lowest BCUT2D eigenvalue weighted by molar-refractivity contribution is -0.122. The quantitative estimate of drug-likeness (QED) is 0.594. The van der Waals surface area contributed by atoms with Crippen LogP contribution in [0.4, 0.5) is 0 Å². The molecular formula is C13H27NO. The summed E-state index contributed by atoms with van der Waals surface area (Å²) in [4.78, 5) is 13.0. The van der Waals surface area contributed by atoms with Crippen molar-refractivity contribution in [2.24, 2.45) is 11.8 Å². The second-order valence-corrected chi connectivity index (χ2v) is 5.51. The van der Waals surface area contributed by atoms with Crippen molar-refractivity contribution in [2.75, 3.05) is 0 Å². The van der Waals surface area contributed by atoms with E-state index in [2.05, 4.69) is 41.5 Å². The molecule has 2 heteroatoms. The molecule has 2 nitrogen and oxygen atoms in total. The minimum Gasteiger partial charge on any atom is -0.340 e. The molecule has 0 saturated heterocycles. The SMILES string of the molecule is CC(C)CC(C)N(C=O)C(C)CC(C)C. The lowest BCUT2D eigenvalue weighted by Gasteiger charge is -2.33. The Bertz CT molecular complexity index is 161. The van der Waals surface area contributed by atoms with Crippen molar-refractivity contribution in [3.63, 3.8) is 0 Å². The van der Waals surface area contributed by atoms with Gasteiger partial charge in [-0.05, 0) is 38.5 Å². The van der Waals surface area contributed by atoms with Crippen molar-refractivity contribution >= 4 is 6.41 Å². The van der Waals surface area contributed by atoms with Crippen molar-refractivity contribution in [2.45, 2.75) is 66.5 Å². The molecule has 0 aromatic heterocycles. The van der Waals surface area contributed by atoms with Crippen LogP contribution in [-0.4, -0.2) is 23.4 Å². The molecule has 0 aliphatic rings. The van der Waals surface area contributed by atoms with E-state index < -0.39 is 0 Å². The van der Waals surface area contributed by atoms with E-state index in [0.29, 0.717) is 23.9 Å². The Balaban J connectivity index is 4.26. The van der Waals surface area contributed by atoms with Crippen LogP contribution in [0.15, 0.2) is 0 Å². The van der Waals surface area contributed by atoms with Crippen molar-refractivity contribution in [1.29, 1.82) is 0 Å². The number of carbonyl (C=O) groups is 1. The van der Waals surface area contributed by atoms with Crippen molar-refractivity contribution in [3.05, 3.63) is 0 Å². The molecule has 2 atom stereocenters. The molecule has 0 heterocycles. The maximum absolute atomic E-state index is 11.1. The fourth-order valence-electron chi connectivity index (χ4n) is 2.25. The molecule has 0 bridgehead atoms. The fraction of sp³-hybridized carbons (Fsp3) is 0.923. The Hall–Kier alpha value is -0.530. The molecular weight excluding hydrogens is 186 g/mol. The van der Waals surface area contributed by atoms with E-state index in [1.807, 2.05) is 4.90 Å². The Kier molecular flexibility index (Phi) is 6.62. The summed E-state index contributed by atoms with van der Waals surface area (Å²) in [6, 6.07) is 0.715. The summed E-state index contributed by atoms with van der Waals surface area (Å²) in [5.74, 6) is 1.29. The maximum atomic E-state index is 11.1. The van der Waals surface area contributed by atoms with Crippen LogP contribution < -0.4 is 0 Å². The van der Waals surface area contributed by atoms with Gasteiger partial charge < -0.3 is 4.90 Å². The van der Waals surface area contributed by atoms with Crippen LogP contribution >= 0.6 is 0 Å². The molecule has 0 spiro atoms. The van der Waals surface area contributed by atoms with E-state index in [0.717, 1.165) is 19.3 Å². The molecule has 15 heavy (non-hydrogen) atoms. The van der Waals surface area contributed by atoms with Crippen LogP contribution in [-0.2, 0) is 4.79 Å². The highest BCUT2D eigenvalue weighted by Gasteiger charge is 2.19. The number of carbonyl (C=O) groups excluding carboxylic acids is 1. The van der Waals surface area contributed by atoms with Gasteiger partial charge in [0, 0.05) is 12.1 Å². The predicted molar refractivity (Wildman–Crippen MR) is 65.7 cm³/mol. The van der Waals surface area contributed by atoms with E-state index in [1.54, 1.807) is 0 Å². The molecule has 0 aromatic carbocycles. The highest BCUT2D eigenvalue weighted by Crippen LogP contribution is 2.16.